The minimum Gasteiger partial charge on any atom is -0.496 e. The van der Waals surface area contributed by atoms with E-state index in [1.54, 1.807) is 25.3 Å². The van der Waals surface area contributed by atoms with Gasteiger partial charge in [-0.15, -0.1) is 0 Å². The second-order valence-corrected chi connectivity index (χ2v) is 7.65. The van der Waals surface area contributed by atoms with Gasteiger partial charge in [-0.1, -0.05) is 24.3 Å². The van der Waals surface area contributed by atoms with Crippen molar-refractivity contribution < 1.29 is 9.53 Å². The van der Waals surface area contributed by atoms with Gasteiger partial charge in [0, 0.05) is 11.3 Å². The molecule has 3 aromatic carbocycles. The lowest BCUT2D eigenvalue weighted by Crippen LogP contribution is -2.14. The van der Waals surface area contributed by atoms with E-state index in [1.807, 2.05) is 62.6 Å². The molecule has 0 radical (unpaired) electrons. The zero-order chi connectivity index (χ0) is 22.2. The number of rotatable bonds is 8. The quantitative estimate of drug-likeness (QED) is 0.566. The van der Waals surface area contributed by atoms with Crippen molar-refractivity contribution in [3.8, 4) is 22.9 Å². The van der Waals surface area contributed by atoms with Gasteiger partial charge < -0.3 is 15.0 Å². The maximum atomic E-state index is 12.8. The molecule has 0 aliphatic heterocycles. The van der Waals surface area contributed by atoms with Crippen LogP contribution in [-0.2, 0) is 6.42 Å². The summed E-state index contributed by atoms with van der Waals surface area (Å²) in [6.45, 7) is 0.977. The van der Waals surface area contributed by atoms with Gasteiger partial charge in [-0.2, -0.15) is 5.26 Å². The molecule has 1 amide bonds. The SMILES string of the molecule is COc1ccc(C(=O)Nc2ccc(-c3ccc(C#N)cc3)cc2)cc1CCCN(C)C. The summed E-state index contributed by atoms with van der Waals surface area (Å²) >= 11 is 0. The highest BCUT2D eigenvalue weighted by atomic mass is 16.5. The smallest absolute Gasteiger partial charge is 0.255 e. The van der Waals surface area contributed by atoms with Crippen molar-refractivity contribution in [3.05, 3.63) is 83.4 Å². The summed E-state index contributed by atoms with van der Waals surface area (Å²) in [7, 11) is 5.75. The van der Waals surface area contributed by atoms with Crippen LogP contribution in [0.15, 0.2) is 66.7 Å². The topological polar surface area (TPSA) is 65.4 Å². The molecule has 0 aromatic heterocycles. The van der Waals surface area contributed by atoms with Gasteiger partial charge in [0.25, 0.3) is 5.91 Å². The van der Waals surface area contributed by atoms with Crippen LogP contribution in [0.3, 0.4) is 0 Å². The van der Waals surface area contributed by atoms with Crippen molar-refractivity contribution in [2.75, 3.05) is 33.1 Å². The summed E-state index contributed by atoms with van der Waals surface area (Å²) in [6, 6.07) is 22.8. The molecule has 5 nitrogen and oxygen atoms in total. The number of hydrogen-bond acceptors (Lipinski definition) is 4. The second kappa shape index (κ2) is 10.4. The maximum Gasteiger partial charge on any atom is 0.255 e. The summed E-state index contributed by atoms with van der Waals surface area (Å²) in [6.07, 6.45) is 1.84. The summed E-state index contributed by atoms with van der Waals surface area (Å²) in [5, 5.41) is 11.9. The minimum atomic E-state index is -0.150. The number of anilines is 1. The Balaban J connectivity index is 1.69. The van der Waals surface area contributed by atoms with Gasteiger partial charge in [0.1, 0.15) is 5.75 Å². The van der Waals surface area contributed by atoms with E-state index in [0.29, 0.717) is 11.1 Å². The van der Waals surface area contributed by atoms with Gasteiger partial charge in [0.2, 0.25) is 0 Å². The van der Waals surface area contributed by atoms with Crippen LogP contribution in [0.4, 0.5) is 5.69 Å². The molecule has 0 saturated heterocycles. The molecule has 0 unspecified atom stereocenters. The lowest BCUT2D eigenvalue weighted by molar-refractivity contribution is 0.102. The van der Waals surface area contributed by atoms with Crippen molar-refractivity contribution in [1.82, 2.24) is 4.90 Å². The first-order chi connectivity index (χ1) is 15.0. The van der Waals surface area contributed by atoms with Crippen molar-refractivity contribution in [3.63, 3.8) is 0 Å². The van der Waals surface area contributed by atoms with E-state index in [4.69, 9.17) is 10.00 Å². The Morgan fingerprint density at radius 1 is 1.00 bits per heavy atom. The number of amides is 1. The Kier molecular flexibility index (Phi) is 7.42. The van der Waals surface area contributed by atoms with Gasteiger partial charge in [0.05, 0.1) is 18.7 Å². The van der Waals surface area contributed by atoms with Crippen molar-refractivity contribution in [2.45, 2.75) is 12.8 Å². The van der Waals surface area contributed by atoms with E-state index in [2.05, 4.69) is 16.3 Å². The number of nitriles is 1. The molecule has 0 fully saturated rings. The third-order valence-corrected chi connectivity index (χ3v) is 5.08. The zero-order valence-corrected chi connectivity index (χ0v) is 18.2. The minimum absolute atomic E-state index is 0.150. The highest BCUT2D eigenvalue weighted by Crippen LogP contribution is 2.24. The van der Waals surface area contributed by atoms with Crippen LogP contribution in [0.25, 0.3) is 11.1 Å². The van der Waals surface area contributed by atoms with Crippen LogP contribution in [0, 0.1) is 11.3 Å². The zero-order valence-electron chi connectivity index (χ0n) is 18.2. The molecule has 158 valence electrons. The Morgan fingerprint density at radius 3 is 2.23 bits per heavy atom. The molecule has 31 heavy (non-hydrogen) atoms. The second-order valence-electron chi connectivity index (χ2n) is 7.65. The molecule has 0 spiro atoms. The number of nitrogens with zero attached hydrogens (tertiary/aromatic N) is 2. The van der Waals surface area contributed by atoms with E-state index in [9.17, 15) is 4.79 Å². The summed E-state index contributed by atoms with van der Waals surface area (Å²) in [5.41, 5.74) is 5.05. The lowest BCUT2D eigenvalue weighted by Gasteiger charge is -2.13. The Labute approximate surface area is 183 Å². The molecule has 0 saturated carbocycles. The molecule has 0 aliphatic rings. The number of aryl methyl sites for hydroxylation is 1. The average molecular weight is 414 g/mol. The molecule has 1 N–H and O–H groups in total. The Hall–Kier alpha value is -3.62. The van der Waals surface area contributed by atoms with E-state index < -0.39 is 0 Å². The van der Waals surface area contributed by atoms with Crippen molar-refractivity contribution in [2.24, 2.45) is 0 Å². The van der Waals surface area contributed by atoms with E-state index in [0.717, 1.165) is 47.5 Å². The first kappa shape index (κ1) is 22.1. The summed E-state index contributed by atoms with van der Waals surface area (Å²) in [4.78, 5) is 14.9. The largest absolute Gasteiger partial charge is 0.496 e. The number of carbonyl (C=O) groups is 1. The molecule has 5 heteroatoms. The molecule has 0 bridgehead atoms. The van der Waals surface area contributed by atoms with E-state index in [-0.39, 0.29) is 5.91 Å². The van der Waals surface area contributed by atoms with Gasteiger partial charge in [0.15, 0.2) is 0 Å². The van der Waals surface area contributed by atoms with Crippen LogP contribution >= 0.6 is 0 Å². The standard InChI is InChI=1S/C26H27N3O2/c1-29(2)16-4-5-22-17-23(12-15-25(22)31-3)26(30)28-24-13-10-21(11-14-24)20-8-6-19(18-27)7-9-20/h6-15,17H,4-5,16H2,1-3H3,(H,28,30). The summed E-state index contributed by atoms with van der Waals surface area (Å²) < 4.78 is 5.46. The number of benzene rings is 3. The van der Waals surface area contributed by atoms with Crippen LogP contribution in [-0.4, -0.2) is 38.6 Å². The predicted octanol–water partition coefficient (Wildman–Crippen LogP) is 4.98. The number of nitrogens with one attached hydrogen (secondary N) is 1. The van der Waals surface area contributed by atoms with E-state index in [1.165, 1.54) is 0 Å². The molecule has 3 rings (SSSR count). The Bertz CT molecular complexity index is 1070. The fourth-order valence-electron chi connectivity index (χ4n) is 3.39. The predicted molar refractivity (Wildman–Crippen MR) is 124 cm³/mol. The highest BCUT2D eigenvalue weighted by molar-refractivity contribution is 6.04. The molecular formula is C26H27N3O2. The van der Waals surface area contributed by atoms with Gasteiger partial charge in [-0.3, -0.25) is 4.79 Å². The third-order valence-electron chi connectivity index (χ3n) is 5.08. The first-order valence-electron chi connectivity index (χ1n) is 10.2. The third kappa shape index (κ3) is 5.94. The molecule has 0 atom stereocenters. The number of ether oxygens (including phenoxy) is 1. The molecule has 0 aliphatic carbocycles. The van der Waals surface area contributed by atoms with Crippen LogP contribution in [0.2, 0.25) is 0 Å². The molecule has 3 aromatic rings. The van der Waals surface area contributed by atoms with Crippen LogP contribution < -0.4 is 10.1 Å². The van der Waals surface area contributed by atoms with Gasteiger partial charge in [-0.25, -0.2) is 0 Å². The van der Waals surface area contributed by atoms with Crippen LogP contribution in [0.5, 0.6) is 5.75 Å². The van der Waals surface area contributed by atoms with E-state index >= 15 is 0 Å². The fourth-order valence-corrected chi connectivity index (χ4v) is 3.39. The first-order valence-corrected chi connectivity index (χ1v) is 10.2. The van der Waals surface area contributed by atoms with Crippen LogP contribution in [0.1, 0.15) is 27.9 Å². The fraction of sp³-hybridized carbons (Fsp3) is 0.231. The maximum absolute atomic E-state index is 12.8. The lowest BCUT2D eigenvalue weighted by atomic mass is 10.0. The van der Waals surface area contributed by atoms with Gasteiger partial charge >= 0.3 is 0 Å². The molecular weight excluding hydrogens is 386 g/mol. The Morgan fingerprint density at radius 2 is 1.65 bits per heavy atom. The average Bonchev–Trinajstić information content (AvgIpc) is 2.79. The number of hydrogen-bond donors (Lipinski definition) is 1. The van der Waals surface area contributed by atoms with Crippen molar-refractivity contribution in [1.29, 1.82) is 5.26 Å². The summed E-state index contributed by atoms with van der Waals surface area (Å²) in [5.74, 6) is 0.657. The number of carbonyl (C=O) groups excluding carboxylic acids is 1. The van der Waals surface area contributed by atoms with Gasteiger partial charge in [-0.05, 0) is 92.6 Å². The molecule has 0 heterocycles. The number of methoxy groups -OCH3 is 1. The monoisotopic (exact) mass is 413 g/mol. The van der Waals surface area contributed by atoms with Crippen molar-refractivity contribution >= 4 is 11.6 Å². The normalized spacial score (nSPS) is 10.5. The highest BCUT2D eigenvalue weighted by Gasteiger charge is 2.11.